The zero-order chi connectivity index (χ0) is 18.8. The number of nitrogens with zero attached hydrogens (tertiary/aromatic N) is 2. The Hall–Kier alpha value is -3.11. The Morgan fingerprint density at radius 2 is 1.96 bits per heavy atom. The Kier molecular flexibility index (Phi) is 4.78. The quantitative estimate of drug-likeness (QED) is 0.680. The third kappa shape index (κ3) is 2.85. The molecule has 0 saturated heterocycles. The first-order valence-electron chi connectivity index (χ1n) is 8.19. The number of anilines is 2. The molecule has 0 aliphatic heterocycles. The van der Waals surface area contributed by atoms with Gasteiger partial charge in [0.05, 0.1) is 12.3 Å². The smallest absolute Gasteiger partial charge is 0.350 e. The zero-order valence-corrected chi connectivity index (χ0v) is 15.3. The predicted octanol–water partition coefficient (Wildman–Crippen LogP) is 3.74. The molecule has 0 spiro atoms. The number of carbonyl (C=O) groups excluding carboxylic acids is 1. The number of hydrogen-bond acceptors (Lipinski definition) is 7. The van der Waals surface area contributed by atoms with Crippen molar-refractivity contribution in [3.05, 3.63) is 40.3 Å². The highest BCUT2D eigenvalue weighted by molar-refractivity contribution is 7.21. The second-order valence-corrected chi connectivity index (χ2v) is 6.65. The minimum Gasteiger partial charge on any atom is -0.462 e. The third-order valence-corrected chi connectivity index (χ3v) is 5.21. The Balaban J connectivity index is 2.34. The molecule has 2 aromatic heterocycles. The average molecular weight is 366 g/mol. The molecule has 3 rings (SSSR count). The maximum absolute atomic E-state index is 12.2. The fourth-order valence-corrected chi connectivity index (χ4v) is 3.83. The maximum atomic E-state index is 12.2. The van der Waals surface area contributed by atoms with E-state index < -0.39 is 5.97 Å². The summed E-state index contributed by atoms with van der Waals surface area (Å²) in [5, 5.41) is 10.2. The van der Waals surface area contributed by atoms with Gasteiger partial charge >= 0.3 is 5.97 Å². The first-order chi connectivity index (χ1) is 12.5. The number of aryl methyl sites for hydroxylation is 1. The number of hydrogen-bond donors (Lipinski definition) is 2. The minimum atomic E-state index is -0.502. The standard InChI is InChI=1S/C19H18N4O2S/c1-3-10-5-7-11(8-6-10)13-12(9-20)17(22)23-18-14(13)15(21)16(26-18)19(24)25-4-2/h5-8H,3-4,21H2,1-2H3,(H2,22,23). The van der Waals surface area contributed by atoms with E-state index in [9.17, 15) is 10.1 Å². The highest BCUT2D eigenvalue weighted by Crippen LogP contribution is 2.42. The van der Waals surface area contributed by atoms with Crippen molar-refractivity contribution in [3.63, 3.8) is 0 Å². The maximum Gasteiger partial charge on any atom is 0.350 e. The molecular weight excluding hydrogens is 348 g/mol. The van der Waals surface area contributed by atoms with Crippen LogP contribution in [0.5, 0.6) is 0 Å². The SMILES string of the molecule is CCOC(=O)c1sc2nc(N)c(C#N)c(-c3ccc(CC)cc3)c2c1N. The lowest BCUT2D eigenvalue weighted by atomic mass is 9.96. The van der Waals surface area contributed by atoms with Crippen LogP contribution in [0, 0.1) is 11.3 Å². The fourth-order valence-electron chi connectivity index (χ4n) is 2.83. The van der Waals surface area contributed by atoms with Gasteiger partial charge in [-0.15, -0.1) is 11.3 Å². The van der Waals surface area contributed by atoms with Crippen LogP contribution in [0.15, 0.2) is 24.3 Å². The Morgan fingerprint density at radius 3 is 2.54 bits per heavy atom. The molecule has 0 unspecified atom stereocenters. The summed E-state index contributed by atoms with van der Waals surface area (Å²) in [6, 6.07) is 9.96. The van der Waals surface area contributed by atoms with Gasteiger partial charge in [-0.25, -0.2) is 9.78 Å². The van der Waals surface area contributed by atoms with Crippen molar-refractivity contribution >= 4 is 39.0 Å². The first kappa shape index (κ1) is 17.7. The molecule has 1 aromatic carbocycles. The van der Waals surface area contributed by atoms with Gasteiger partial charge in [0.2, 0.25) is 0 Å². The molecule has 4 N–H and O–H groups in total. The Bertz CT molecular complexity index is 1030. The largest absolute Gasteiger partial charge is 0.462 e. The second kappa shape index (κ2) is 7.02. The van der Waals surface area contributed by atoms with Crippen LogP contribution >= 0.6 is 11.3 Å². The summed E-state index contributed by atoms with van der Waals surface area (Å²) in [4.78, 5) is 17.3. The van der Waals surface area contributed by atoms with Gasteiger partial charge in [0.15, 0.2) is 0 Å². The molecule has 0 atom stereocenters. The van der Waals surface area contributed by atoms with Crippen LogP contribution in [0.25, 0.3) is 21.3 Å². The molecule has 0 bridgehead atoms. The lowest BCUT2D eigenvalue weighted by Gasteiger charge is -2.10. The van der Waals surface area contributed by atoms with Gasteiger partial charge in [-0.3, -0.25) is 0 Å². The van der Waals surface area contributed by atoms with E-state index in [1.807, 2.05) is 24.3 Å². The molecule has 6 nitrogen and oxygen atoms in total. The number of aromatic nitrogens is 1. The number of nitrogen functional groups attached to an aromatic ring is 2. The summed E-state index contributed by atoms with van der Waals surface area (Å²) in [6.07, 6.45) is 0.910. The first-order valence-corrected chi connectivity index (χ1v) is 9.01. The number of benzene rings is 1. The number of carbonyl (C=O) groups is 1. The number of ether oxygens (including phenoxy) is 1. The second-order valence-electron chi connectivity index (χ2n) is 5.65. The van der Waals surface area contributed by atoms with E-state index in [0.29, 0.717) is 15.8 Å². The normalized spacial score (nSPS) is 10.7. The van der Waals surface area contributed by atoms with Crippen LogP contribution in [0.3, 0.4) is 0 Å². The summed E-state index contributed by atoms with van der Waals surface area (Å²) < 4.78 is 5.07. The highest BCUT2D eigenvalue weighted by Gasteiger charge is 2.24. The van der Waals surface area contributed by atoms with E-state index in [4.69, 9.17) is 16.2 Å². The van der Waals surface area contributed by atoms with Crippen molar-refractivity contribution in [1.29, 1.82) is 5.26 Å². The molecule has 3 aromatic rings. The van der Waals surface area contributed by atoms with Gasteiger partial charge in [-0.2, -0.15) is 5.26 Å². The minimum absolute atomic E-state index is 0.117. The van der Waals surface area contributed by atoms with Crippen LogP contribution in [-0.2, 0) is 11.2 Å². The van der Waals surface area contributed by atoms with Gasteiger partial charge in [0.1, 0.15) is 27.2 Å². The summed E-state index contributed by atoms with van der Waals surface area (Å²) in [7, 11) is 0. The summed E-state index contributed by atoms with van der Waals surface area (Å²) in [6.45, 7) is 4.05. The van der Waals surface area contributed by atoms with Crippen molar-refractivity contribution in [2.24, 2.45) is 0 Å². The highest BCUT2D eigenvalue weighted by atomic mass is 32.1. The van der Waals surface area contributed by atoms with E-state index in [0.717, 1.165) is 23.3 Å². The molecule has 0 amide bonds. The number of nitriles is 1. The van der Waals surface area contributed by atoms with Gasteiger partial charge in [-0.1, -0.05) is 31.2 Å². The number of nitrogens with two attached hydrogens (primary N) is 2. The van der Waals surface area contributed by atoms with Gasteiger partial charge < -0.3 is 16.2 Å². The number of pyridine rings is 1. The van der Waals surface area contributed by atoms with Crippen LogP contribution < -0.4 is 11.5 Å². The number of fused-ring (bicyclic) bond motifs is 1. The molecule has 2 heterocycles. The third-order valence-electron chi connectivity index (χ3n) is 4.13. The van der Waals surface area contributed by atoms with Crippen molar-refractivity contribution in [3.8, 4) is 17.2 Å². The number of esters is 1. The molecule has 7 heteroatoms. The van der Waals surface area contributed by atoms with Crippen molar-refractivity contribution in [1.82, 2.24) is 4.98 Å². The molecule has 0 radical (unpaired) electrons. The number of rotatable bonds is 4. The Morgan fingerprint density at radius 1 is 1.27 bits per heavy atom. The number of thiophene rings is 1. The summed E-state index contributed by atoms with van der Waals surface area (Å²) in [5.41, 5.74) is 15.4. The van der Waals surface area contributed by atoms with Crippen molar-refractivity contribution in [2.75, 3.05) is 18.1 Å². The Labute approximate surface area is 155 Å². The van der Waals surface area contributed by atoms with Crippen LogP contribution in [0.4, 0.5) is 11.5 Å². The lowest BCUT2D eigenvalue weighted by molar-refractivity contribution is 0.0533. The van der Waals surface area contributed by atoms with Crippen LogP contribution in [0.1, 0.15) is 34.6 Å². The molecule has 0 aliphatic rings. The molecule has 0 aliphatic carbocycles. The monoisotopic (exact) mass is 366 g/mol. The molecule has 0 fully saturated rings. The molecule has 132 valence electrons. The molecule has 26 heavy (non-hydrogen) atoms. The fraction of sp³-hybridized carbons (Fsp3) is 0.211. The van der Waals surface area contributed by atoms with Crippen molar-refractivity contribution < 1.29 is 9.53 Å². The van der Waals surface area contributed by atoms with Crippen LogP contribution in [-0.4, -0.2) is 17.6 Å². The van der Waals surface area contributed by atoms with E-state index >= 15 is 0 Å². The topological polar surface area (TPSA) is 115 Å². The predicted molar refractivity (Wildman–Crippen MR) is 104 cm³/mol. The van der Waals surface area contributed by atoms with Gasteiger partial charge in [0.25, 0.3) is 0 Å². The van der Waals surface area contributed by atoms with Crippen LogP contribution in [0.2, 0.25) is 0 Å². The molecule has 0 saturated carbocycles. The summed E-state index contributed by atoms with van der Waals surface area (Å²) >= 11 is 1.12. The molecular formula is C19H18N4O2S. The zero-order valence-electron chi connectivity index (χ0n) is 14.5. The van der Waals surface area contributed by atoms with Crippen molar-refractivity contribution in [2.45, 2.75) is 20.3 Å². The van der Waals surface area contributed by atoms with Gasteiger partial charge in [-0.05, 0) is 24.5 Å². The van der Waals surface area contributed by atoms with Gasteiger partial charge in [0, 0.05) is 10.9 Å². The lowest BCUT2D eigenvalue weighted by Crippen LogP contribution is -2.05. The average Bonchev–Trinajstić information content (AvgIpc) is 2.97. The van der Waals surface area contributed by atoms with E-state index in [-0.39, 0.29) is 28.6 Å². The summed E-state index contributed by atoms with van der Waals surface area (Å²) in [5.74, 6) is -0.386. The van der Waals surface area contributed by atoms with E-state index in [1.54, 1.807) is 6.92 Å². The van der Waals surface area contributed by atoms with E-state index in [2.05, 4.69) is 18.0 Å². The van der Waals surface area contributed by atoms with E-state index in [1.165, 1.54) is 5.56 Å².